The maximum atomic E-state index is 12.1. The van der Waals surface area contributed by atoms with E-state index in [2.05, 4.69) is 0 Å². The predicted molar refractivity (Wildman–Crippen MR) is 78.8 cm³/mol. The summed E-state index contributed by atoms with van der Waals surface area (Å²) in [6, 6.07) is 14.8. The molecule has 2 rings (SSSR count). The highest BCUT2D eigenvalue weighted by Gasteiger charge is 2.22. The van der Waals surface area contributed by atoms with Crippen LogP contribution in [-0.4, -0.2) is 20.1 Å². The fourth-order valence-corrected chi connectivity index (χ4v) is 2.10. The number of hydrogen-bond acceptors (Lipinski definition) is 3. The van der Waals surface area contributed by atoms with E-state index in [9.17, 15) is 4.79 Å². The minimum Gasteiger partial charge on any atom is -0.494 e. The lowest BCUT2D eigenvalue weighted by atomic mass is 10.2. The van der Waals surface area contributed by atoms with Crippen molar-refractivity contribution in [3.05, 3.63) is 48.5 Å². The van der Waals surface area contributed by atoms with E-state index in [1.165, 1.54) is 6.92 Å². The molecule has 0 N–H and O–H groups in total. The smallest absolute Gasteiger partial charge is 0.228 e. The van der Waals surface area contributed by atoms with Crippen molar-refractivity contribution in [3.8, 4) is 11.5 Å². The number of amides is 1. The summed E-state index contributed by atoms with van der Waals surface area (Å²) in [4.78, 5) is 13.7. The summed E-state index contributed by atoms with van der Waals surface area (Å²) in [7, 11) is 3.14. The Morgan fingerprint density at radius 3 is 1.90 bits per heavy atom. The molecule has 0 atom stereocenters. The van der Waals surface area contributed by atoms with Gasteiger partial charge in [-0.25, -0.2) is 0 Å². The van der Waals surface area contributed by atoms with E-state index in [4.69, 9.17) is 9.47 Å². The number of carbonyl (C=O) groups is 1. The van der Waals surface area contributed by atoms with E-state index in [0.29, 0.717) is 17.2 Å². The standard InChI is InChI=1S/C16H17NO3/c1-12(18)17(13-8-5-4-6-9-13)16-14(19-2)10-7-11-15(16)20-3/h4-11H,1-3H3. The maximum Gasteiger partial charge on any atom is 0.228 e. The van der Waals surface area contributed by atoms with Crippen molar-refractivity contribution >= 4 is 17.3 Å². The van der Waals surface area contributed by atoms with Gasteiger partial charge in [0.1, 0.15) is 17.2 Å². The molecule has 0 aliphatic rings. The summed E-state index contributed by atoms with van der Waals surface area (Å²) < 4.78 is 10.7. The van der Waals surface area contributed by atoms with Crippen LogP contribution in [0, 0.1) is 0 Å². The Labute approximate surface area is 118 Å². The third-order valence-corrected chi connectivity index (χ3v) is 2.95. The van der Waals surface area contributed by atoms with Gasteiger partial charge in [0.25, 0.3) is 0 Å². The number of anilines is 2. The summed E-state index contributed by atoms with van der Waals surface area (Å²) in [6.45, 7) is 1.51. The monoisotopic (exact) mass is 271 g/mol. The van der Waals surface area contributed by atoms with Crippen molar-refractivity contribution in [3.63, 3.8) is 0 Å². The first-order valence-corrected chi connectivity index (χ1v) is 6.25. The third kappa shape index (κ3) is 2.59. The SMILES string of the molecule is COc1cccc(OC)c1N(C(C)=O)c1ccccc1. The van der Waals surface area contributed by atoms with Crippen LogP contribution in [0.3, 0.4) is 0 Å². The van der Waals surface area contributed by atoms with Crippen molar-refractivity contribution < 1.29 is 14.3 Å². The molecule has 4 nitrogen and oxygen atoms in total. The van der Waals surface area contributed by atoms with E-state index in [-0.39, 0.29) is 5.91 Å². The first-order valence-electron chi connectivity index (χ1n) is 6.25. The summed E-state index contributed by atoms with van der Waals surface area (Å²) in [6.07, 6.45) is 0. The van der Waals surface area contributed by atoms with Gasteiger partial charge in [0.15, 0.2) is 0 Å². The first-order chi connectivity index (χ1) is 9.69. The second-order valence-corrected chi connectivity index (χ2v) is 4.20. The van der Waals surface area contributed by atoms with Gasteiger partial charge in [0, 0.05) is 12.6 Å². The third-order valence-electron chi connectivity index (χ3n) is 2.95. The van der Waals surface area contributed by atoms with Crippen LogP contribution in [0.4, 0.5) is 11.4 Å². The van der Waals surface area contributed by atoms with Gasteiger partial charge in [-0.3, -0.25) is 9.69 Å². The highest BCUT2D eigenvalue weighted by atomic mass is 16.5. The lowest BCUT2D eigenvalue weighted by Crippen LogP contribution is -2.23. The Kier molecular flexibility index (Phi) is 4.25. The average molecular weight is 271 g/mol. The van der Waals surface area contributed by atoms with Gasteiger partial charge in [-0.1, -0.05) is 24.3 Å². The van der Waals surface area contributed by atoms with E-state index in [0.717, 1.165) is 5.69 Å². The van der Waals surface area contributed by atoms with Crippen LogP contribution in [0.25, 0.3) is 0 Å². The van der Waals surface area contributed by atoms with Crippen molar-refractivity contribution in [2.24, 2.45) is 0 Å². The largest absolute Gasteiger partial charge is 0.494 e. The molecule has 2 aromatic rings. The lowest BCUT2D eigenvalue weighted by Gasteiger charge is -2.25. The zero-order chi connectivity index (χ0) is 14.5. The molecule has 0 fully saturated rings. The van der Waals surface area contributed by atoms with Crippen molar-refractivity contribution in [2.45, 2.75) is 6.92 Å². The predicted octanol–water partition coefficient (Wildman–Crippen LogP) is 3.39. The van der Waals surface area contributed by atoms with Crippen LogP contribution in [0.5, 0.6) is 11.5 Å². The minimum atomic E-state index is -0.112. The van der Waals surface area contributed by atoms with Gasteiger partial charge in [-0.2, -0.15) is 0 Å². The summed E-state index contributed by atoms with van der Waals surface area (Å²) >= 11 is 0. The molecular formula is C16H17NO3. The van der Waals surface area contributed by atoms with Gasteiger partial charge in [-0.15, -0.1) is 0 Å². The Balaban J connectivity index is 2.64. The van der Waals surface area contributed by atoms with Gasteiger partial charge in [-0.05, 0) is 24.3 Å². The highest BCUT2D eigenvalue weighted by molar-refractivity contribution is 6.02. The number of rotatable bonds is 4. The Morgan fingerprint density at radius 2 is 1.45 bits per heavy atom. The number of benzene rings is 2. The number of hydrogen-bond donors (Lipinski definition) is 0. The van der Waals surface area contributed by atoms with Crippen molar-refractivity contribution in [1.29, 1.82) is 0 Å². The van der Waals surface area contributed by atoms with E-state index in [1.54, 1.807) is 31.3 Å². The molecule has 0 radical (unpaired) electrons. The Hall–Kier alpha value is -2.49. The molecule has 0 heterocycles. The zero-order valence-electron chi connectivity index (χ0n) is 11.8. The molecule has 20 heavy (non-hydrogen) atoms. The van der Waals surface area contributed by atoms with E-state index < -0.39 is 0 Å². The maximum absolute atomic E-state index is 12.1. The average Bonchev–Trinajstić information content (AvgIpc) is 2.48. The molecule has 0 bridgehead atoms. The van der Waals surface area contributed by atoms with E-state index >= 15 is 0 Å². The van der Waals surface area contributed by atoms with Gasteiger partial charge in [0.2, 0.25) is 5.91 Å². The van der Waals surface area contributed by atoms with Gasteiger partial charge < -0.3 is 9.47 Å². The normalized spacial score (nSPS) is 9.95. The van der Waals surface area contributed by atoms with Crippen molar-refractivity contribution in [1.82, 2.24) is 0 Å². The summed E-state index contributed by atoms with van der Waals surface area (Å²) in [5, 5.41) is 0. The molecule has 0 saturated heterocycles. The lowest BCUT2D eigenvalue weighted by molar-refractivity contribution is -0.115. The minimum absolute atomic E-state index is 0.112. The number of para-hydroxylation sites is 2. The number of nitrogens with zero attached hydrogens (tertiary/aromatic N) is 1. The summed E-state index contributed by atoms with van der Waals surface area (Å²) in [5.74, 6) is 1.06. The molecule has 0 aliphatic heterocycles. The Bertz CT molecular complexity index is 574. The molecule has 2 aromatic carbocycles. The van der Waals surface area contributed by atoms with E-state index in [1.807, 2.05) is 36.4 Å². The molecule has 0 saturated carbocycles. The molecule has 0 spiro atoms. The summed E-state index contributed by atoms with van der Waals surface area (Å²) in [5.41, 5.74) is 1.37. The quantitative estimate of drug-likeness (QED) is 0.855. The second-order valence-electron chi connectivity index (χ2n) is 4.20. The van der Waals surface area contributed by atoms with Crippen LogP contribution in [0.1, 0.15) is 6.92 Å². The fourth-order valence-electron chi connectivity index (χ4n) is 2.10. The molecule has 0 unspecified atom stereocenters. The second kappa shape index (κ2) is 6.10. The van der Waals surface area contributed by atoms with Gasteiger partial charge >= 0.3 is 0 Å². The van der Waals surface area contributed by atoms with Gasteiger partial charge in [0.05, 0.1) is 14.2 Å². The van der Waals surface area contributed by atoms with Crippen molar-refractivity contribution in [2.75, 3.05) is 19.1 Å². The molecule has 0 aromatic heterocycles. The number of carbonyl (C=O) groups excluding carboxylic acids is 1. The van der Waals surface area contributed by atoms with Crippen LogP contribution in [0.15, 0.2) is 48.5 Å². The number of methoxy groups -OCH3 is 2. The first kappa shape index (κ1) is 13.9. The number of ether oxygens (including phenoxy) is 2. The highest BCUT2D eigenvalue weighted by Crippen LogP contribution is 2.41. The Morgan fingerprint density at radius 1 is 0.900 bits per heavy atom. The molecule has 0 aliphatic carbocycles. The van der Waals surface area contributed by atoms with Crippen LogP contribution < -0.4 is 14.4 Å². The fraction of sp³-hybridized carbons (Fsp3) is 0.188. The topological polar surface area (TPSA) is 38.8 Å². The van der Waals surface area contributed by atoms with Crippen LogP contribution in [0.2, 0.25) is 0 Å². The molecule has 1 amide bonds. The zero-order valence-corrected chi connectivity index (χ0v) is 11.8. The molecule has 104 valence electrons. The van der Waals surface area contributed by atoms with Crippen LogP contribution in [-0.2, 0) is 4.79 Å². The molecule has 4 heteroatoms. The molecular weight excluding hydrogens is 254 g/mol. The van der Waals surface area contributed by atoms with Crippen LogP contribution >= 0.6 is 0 Å².